The van der Waals surface area contributed by atoms with Crippen molar-refractivity contribution in [2.24, 2.45) is 4.40 Å². The third-order valence-corrected chi connectivity index (χ3v) is 5.99. The molecule has 1 saturated heterocycles. The molecular weight excluding hydrogens is 364 g/mol. The van der Waals surface area contributed by atoms with Crippen molar-refractivity contribution < 1.29 is 13.2 Å². The zero-order chi connectivity index (χ0) is 18.9. The van der Waals surface area contributed by atoms with E-state index in [4.69, 9.17) is 0 Å². The van der Waals surface area contributed by atoms with E-state index in [-0.39, 0.29) is 10.8 Å². The molecule has 0 unspecified atom stereocenters. The number of nitrogens with zero attached hydrogens (tertiary/aromatic N) is 2. The fraction of sp³-hybridized carbons (Fsp3) is 0.263. The highest BCUT2D eigenvalue weighted by Gasteiger charge is 2.28. The van der Waals surface area contributed by atoms with Crippen molar-refractivity contribution in [3.8, 4) is 0 Å². The lowest BCUT2D eigenvalue weighted by Gasteiger charge is -2.20. The predicted molar refractivity (Wildman–Crippen MR) is 104 cm³/mol. The summed E-state index contributed by atoms with van der Waals surface area (Å²) in [4.78, 5) is 14.7. The van der Waals surface area contributed by atoms with Crippen molar-refractivity contribution in [2.45, 2.75) is 11.3 Å². The van der Waals surface area contributed by atoms with E-state index in [9.17, 15) is 13.2 Å². The van der Waals surface area contributed by atoms with Crippen LogP contribution in [0.4, 0.5) is 5.69 Å². The first-order chi connectivity index (χ1) is 13.0. The second-order valence-corrected chi connectivity index (χ2v) is 8.08. The largest absolute Gasteiger partial charge is 0.339 e. The van der Waals surface area contributed by atoms with Gasteiger partial charge >= 0.3 is 0 Å². The summed E-state index contributed by atoms with van der Waals surface area (Å²) >= 11 is 0. The van der Waals surface area contributed by atoms with Crippen molar-refractivity contribution in [2.75, 3.05) is 31.5 Å². The highest BCUT2D eigenvalue weighted by molar-refractivity contribution is 7.90. The standard InChI is InChI=1S/C19H20N4O3S/c24-19(23-12-3-10-20-11-13-23)14-6-8-15(9-7-14)21-18-16-4-1-2-5-17(16)27(25,26)22-18/h1-2,4-9,20H,3,10-13H2,(H,21,22). The minimum Gasteiger partial charge on any atom is -0.339 e. The van der Waals surface area contributed by atoms with Gasteiger partial charge in [-0.2, -0.15) is 8.42 Å². The van der Waals surface area contributed by atoms with Crippen LogP contribution < -0.4 is 10.6 Å². The average molecular weight is 384 g/mol. The summed E-state index contributed by atoms with van der Waals surface area (Å²) in [5.41, 5.74) is 1.84. The van der Waals surface area contributed by atoms with E-state index in [1.54, 1.807) is 48.5 Å². The fourth-order valence-electron chi connectivity index (χ4n) is 3.26. The lowest BCUT2D eigenvalue weighted by Crippen LogP contribution is -2.34. The molecule has 0 spiro atoms. The van der Waals surface area contributed by atoms with Gasteiger partial charge in [0.25, 0.3) is 15.9 Å². The number of anilines is 1. The Morgan fingerprint density at radius 2 is 1.81 bits per heavy atom. The zero-order valence-corrected chi connectivity index (χ0v) is 15.5. The number of amidine groups is 1. The van der Waals surface area contributed by atoms with Crippen LogP contribution in [0.3, 0.4) is 0 Å². The van der Waals surface area contributed by atoms with Crippen LogP contribution >= 0.6 is 0 Å². The second kappa shape index (κ2) is 7.13. The lowest BCUT2D eigenvalue weighted by molar-refractivity contribution is 0.0766. The topological polar surface area (TPSA) is 90.9 Å². The molecule has 4 rings (SSSR count). The van der Waals surface area contributed by atoms with Crippen LogP contribution in [0.25, 0.3) is 0 Å². The maximum Gasteiger partial charge on any atom is 0.285 e. The number of fused-ring (bicyclic) bond motifs is 1. The Kier molecular flexibility index (Phi) is 4.67. The van der Waals surface area contributed by atoms with Gasteiger partial charge in [-0.1, -0.05) is 12.1 Å². The van der Waals surface area contributed by atoms with Crippen molar-refractivity contribution in [3.63, 3.8) is 0 Å². The van der Waals surface area contributed by atoms with Gasteiger partial charge in [-0.25, -0.2) is 0 Å². The number of carbonyl (C=O) groups is 1. The second-order valence-electron chi connectivity index (χ2n) is 6.51. The first kappa shape index (κ1) is 17.7. The van der Waals surface area contributed by atoms with Crippen molar-refractivity contribution in [1.82, 2.24) is 10.2 Å². The van der Waals surface area contributed by atoms with Crippen LogP contribution in [0.2, 0.25) is 0 Å². The maximum atomic E-state index is 12.6. The summed E-state index contributed by atoms with van der Waals surface area (Å²) in [7, 11) is -3.66. The van der Waals surface area contributed by atoms with Gasteiger partial charge in [0.05, 0.1) is 0 Å². The average Bonchev–Trinajstić information content (AvgIpc) is 2.86. The predicted octanol–water partition coefficient (Wildman–Crippen LogP) is 1.68. The number of nitrogens with one attached hydrogen (secondary N) is 2. The number of rotatable bonds is 2. The van der Waals surface area contributed by atoms with Crippen LogP contribution in [0.5, 0.6) is 0 Å². The van der Waals surface area contributed by atoms with Gasteiger partial charge in [0.1, 0.15) is 4.90 Å². The van der Waals surface area contributed by atoms with Crippen molar-refractivity contribution >= 4 is 27.5 Å². The molecule has 7 nitrogen and oxygen atoms in total. The summed E-state index contributed by atoms with van der Waals surface area (Å²) in [5, 5.41) is 6.33. The molecule has 2 aromatic rings. The smallest absolute Gasteiger partial charge is 0.285 e. The summed E-state index contributed by atoms with van der Waals surface area (Å²) in [5.74, 6) is 0.305. The number of amides is 1. The van der Waals surface area contributed by atoms with Gasteiger partial charge in [-0.3, -0.25) is 4.79 Å². The summed E-state index contributed by atoms with van der Waals surface area (Å²) in [6.07, 6.45) is 0.944. The van der Waals surface area contributed by atoms with Gasteiger partial charge in [0, 0.05) is 36.4 Å². The van der Waals surface area contributed by atoms with E-state index in [1.165, 1.54) is 0 Å². The molecule has 140 valence electrons. The molecule has 27 heavy (non-hydrogen) atoms. The molecule has 0 aliphatic carbocycles. The third-order valence-electron chi connectivity index (χ3n) is 4.65. The molecule has 2 aliphatic heterocycles. The molecule has 0 atom stereocenters. The summed E-state index contributed by atoms with van der Waals surface area (Å²) in [6, 6.07) is 13.7. The monoisotopic (exact) mass is 384 g/mol. The van der Waals surface area contributed by atoms with Gasteiger partial charge < -0.3 is 15.5 Å². The van der Waals surface area contributed by atoms with Crippen LogP contribution in [0.1, 0.15) is 22.3 Å². The molecule has 0 saturated carbocycles. The van der Waals surface area contributed by atoms with E-state index < -0.39 is 10.0 Å². The molecule has 0 aromatic heterocycles. The third kappa shape index (κ3) is 3.58. The number of hydrogen-bond donors (Lipinski definition) is 2. The molecule has 2 N–H and O–H groups in total. The molecular formula is C19H20N4O3S. The van der Waals surface area contributed by atoms with Crippen molar-refractivity contribution in [3.05, 3.63) is 59.7 Å². The summed E-state index contributed by atoms with van der Waals surface area (Å²) < 4.78 is 28.1. The Hall–Kier alpha value is -2.71. The lowest BCUT2D eigenvalue weighted by atomic mass is 10.1. The van der Waals surface area contributed by atoms with E-state index in [0.717, 1.165) is 26.1 Å². The molecule has 0 radical (unpaired) electrons. The maximum absolute atomic E-state index is 12.6. The normalized spacial score (nSPS) is 18.4. The van der Waals surface area contributed by atoms with Gasteiger partial charge in [0.15, 0.2) is 5.84 Å². The van der Waals surface area contributed by atoms with Gasteiger partial charge in [0.2, 0.25) is 0 Å². The van der Waals surface area contributed by atoms with E-state index in [0.29, 0.717) is 29.2 Å². The minimum atomic E-state index is -3.66. The molecule has 1 amide bonds. The Morgan fingerprint density at radius 3 is 2.63 bits per heavy atom. The SMILES string of the molecule is O=C(c1ccc(NC2=NS(=O)(=O)c3ccccc32)cc1)N1CCCNCC1. The zero-order valence-electron chi connectivity index (χ0n) is 14.7. The van der Waals surface area contributed by atoms with Gasteiger partial charge in [-0.05, 0) is 49.4 Å². The number of sulfonamides is 1. The minimum absolute atomic E-state index is 0.0105. The number of hydrogen-bond acceptors (Lipinski definition) is 5. The number of benzene rings is 2. The molecule has 2 aliphatic rings. The molecule has 8 heteroatoms. The molecule has 1 fully saturated rings. The van der Waals surface area contributed by atoms with Crippen LogP contribution in [0, 0.1) is 0 Å². The first-order valence-electron chi connectivity index (χ1n) is 8.86. The van der Waals surface area contributed by atoms with Gasteiger partial charge in [-0.15, -0.1) is 4.40 Å². The van der Waals surface area contributed by atoms with E-state index >= 15 is 0 Å². The highest BCUT2D eigenvalue weighted by atomic mass is 32.2. The van der Waals surface area contributed by atoms with Crippen molar-refractivity contribution in [1.29, 1.82) is 0 Å². The molecule has 0 bridgehead atoms. The van der Waals surface area contributed by atoms with Crippen LogP contribution in [-0.4, -0.2) is 51.2 Å². The molecule has 2 heterocycles. The van der Waals surface area contributed by atoms with Crippen LogP contribution in [0.15, 0.2) is 57.8 Å². The Balaban J connectivity index is 1.51. The van der Waals surface area contributed by atoms with E-state index in [1.807, 2.05) is 4.90 Å². The quantitative estimate of drug-likeness (QED) is 0.822. The Bertz CT molecular complexity index is 992. The summed E-state index contributed by atoms with van der Waals surface area (Å²) in [6.45, 7) is 3.18. The fourth-order valence-corrected chi connectivity index (χ4v) is 4.44. The number of carbonyl (C=O) groups excluding carboxylic acids is 1. The Labute approximate surface area is 158 Å². The highest BCUT2D eigenvalue weighted by Crippen LogP contribution is 2.26. The Morgan fingerprint density at radius 1 is 1.04 bits per heavy atom. The van der Waals surface area contributed by atoms with Crippen LogP contribution in [-0.2, 0) is 10.0 Å². The molecule has 2 aromatic carbocycles. The first-order valence-corrected chi connectivity index (χ1v) is 10.3. The van der Waals surface area contributed by atoms with E-state index in [2.05, 4.69) is 15.0 Å².